The van der Waals surface area contributed by atoms with Gasteiger partial charge in [0.1, 0.15) is 5.75 Å². The summed E-state index contributed by atoms with van der Waals surface area (Å²) in [7, 11) is 0. The largest absolute Gasteiger partial charge is 0.508 e. The molecule has 15 heavy (non-hydrogen) atoms. The molecule has 0 radical (unpaired) electrons. The fourth-order valence-electron chi connectivity index (χ4n) is 1.20. The third-order valence-corrected chi connectivity index (χ3v) is 2.08. The van der Waals surface area contributed by atoms with Crippen LogP contribution >= 0.6 is 0 Å². The Morgan fingerprint density at radius 2 is 2.20 bits per heavy atom. The van der Waals surface area contributed by atoms with E-state index in [1.54, 1.807) is 19.1 Å². The first kappa shape index (κ1) is 11.5. The molecule has 0 fully saturated rings. The smallest absolute Gasteiger partial charge is 0.342 e. The second-order valence-corrected chi connectivity index (χ2v) is 3.34. The molecule has 4 heteroatoms. The molecule has 82 valence electrons. The standard InChI is InChI=1S/C11H14O4/c1-3-15-10(13)11(2,14)8-5-4-6-9(12)7-8/h4-7,12,14H,3H2,1-2H3. The summed E-state index contributed by atoms with van der Waals surface area (Å²) in [6.07, 6.45) is 0. The Balaban J connectivity index is 2.99. The van der Waals surface area contributed by atoms with Crippen molar-refractivity contribution in [3.8, 4) is 5.75 Å². The number of ether oxygens (including phenoxy) is 1. The fourth-order valence-corrected chi connectivity index (χ4v) is 1.20. The molecule has 0 aliphatic carbocycles. The highest BCUT2D eigenvalue weighted by Crippen LogP contribution is 2.25. The van der Waals surface area contributed by atoms with E-state index in [1.165, 1.54) is 19.1 Å². The van der Waals surface area contributed by atoms with Gasteiger partial charge in [-0.05, 0) is 31.5 Å². The summed E-state index contributed by atoms with van der Waals surface area (Å²) in [6, 6.07) is 5.90. The lowest BCUT2D eigenvalue weighted by Crippen LogP contribution is -2.34. The van der Waals surface area contributed by atoms with Crippen molar-refractivity contribution in [1.82, 2.24) is 0 Å². The van der Waals surface area contributed by atoms with Crippen LogP contribution < -0.4 is 0 Å². The van der Waals surface area contributed by atoms with E-state index < -0.39 is 11.6 Å². The summed E-state index contributed by atoms with van der Waals surface area (Å²) < 4.78 is 4.73. The zero-order chi connectivity index (χ0) is 11.5. The van der Waals surface area contributed by atoms with Crippen molar-refractivity contribution in [3.05, 3.63) is 29.8 Å². The van der Waals surface area contributed by atoms with E-state index in [9.17, 15) is 15.0 Å². The molecule has 0 saturated heterocycles. The minimum atomic E-state index is -1.73. The minimum absolute atomic E-state index is 0.00271. The molecule has 2 N–H and O–H groups in total. The Bertz CT molecular complexity index is 357. The van der Waals surface area contributed by atoms with Gasteiger partial charge in [0.25, 0.3) is 0 Å². The third kappa shape index (κ3) is 2.47. The van der Waals surface area contributed by atoms with E-state index in [-0.39, 0.29) is 12.4 Å². The lowest BCUT2D eigenvalue weighted by molar-refractivity contribution is -0.164. The molecular formula is C11H14O4. The molecule has 1 atom stereocenters. The van der Waals surface area contributed by atoms with Gasteiger partial charge in [-0.2, -0.15) is 0 Å². The summed E-state index contributed by atoms with van der Waals surface area (Å²) in [5.74, 6) is -0.729. The SMILES string of the molecule is CCOC(=O)C(C)(O)c1cccc(O)c1. The average molecular weight is 210 g/mol. The van der Waals surface area contributed by atoms with Crippen LogP contribution in [0.3, 0.4) is 0 Å². The fraction of sp³-hybridized carbons (Fsp3) is 0.364. The molecule has 0 saturated carbocycles. The van der Waals surface area contributed by atoms with Crippen LogP contribution in [0.4, 0.5) is 0 Å². The predicted molar refractivity (Wildman–Crippen MR) is 54.3 cm³/mol. The molecule has 1 aromatic rings. The topological polar surface area (TPSA) is 66.8 Å². The molecule has 0 heterocycles. The van der Waals surface area contributed by atoms with Gasteiger partial charge in [0.05, 0.1) is 6.61 Å². The Kier molecular flexibility index (Phi) is 3.31. The zero-order valence-electron chi connectivity index (χ0n) is 8.73. The maximum absolute atomic E-state index is 11.4. The molecular weight excluding hydrogens is 196 g/mol. The van der Waals surface area contributed by atoms with Crippen LogP contribution in [0.25, 0.3) is 0 Å². The van der Waals surface area contributed by atoms with Gasteiger partial charge < -0.3 is 14.9 Å². The Morgan fingerprint density at radius 3 is 2.73 bits per heavy atom. The van der Waals surface area contributed by atoms with Gasteiger partial charge in [-0.3, -0.25) is 0 Å². The number of hydrogen-bond acceptors (Lipinski definition) is 4. The van der Waals surface area contributed by atoms with E-state index in [2.05, 4.69) is 0 Å². The molecule has 4 nitrogen and oxygen atoms in total. The average Bonchev–Trinajstić information content (AvgIpc) is 2.18. The first-order valence-electron chi connectivity index (χ1n) is 4.67. The van der Waals surface area contributed by atoms with Crippen molar-refractivity contribution in [2.24, 2.45) is 0 Å². The van der Waals surface area contributed by atoms with E-state index in [0.717, 1.165) is 0 Å². The second-order valence-electron chi connectivity index (χ2n) is 3.34. The summed E-state index contributed by atoms with van der Waals surface area (Å²) in [5, 5.41) is 19.1. The highest BCUT2D eigenvalue weighted by molar-refractivity contribution is 5.80. The number of benzene rings is 1. The van der Waals surface area contributed by atoms with E-state index in [4.69, 9.17) is 4.74 Å². The van der Waals surface area contributed by atoms with Gasteiger partial charge in [0.15, 0.2) is 5.60 Å². The van der Waals surface area contributed by atoms with Crippen molar-refractivity contribution >= 4 is 5.97 Å². The molecule has 0 aliphatic rings. The summed E-state index contributed by atoms with van der Waals surface area (Å²) in [5.41, 5.74) is -1.42. The maximum Gasteiger partial charge on any atom is 0.342 e. The van der Waals surface area contributed by atoms with Gasteiger partial charge in [-0.25, -0.2) is 4.79 Å². The number of rotatable bonds is 3. The van der Waals surface area contributed by atoms with Crippen molar-refractivity contribution in [2.75, 3.05) is 6.61 Å². The third-order valence-electron chi connectivity index (χ3n) is 2.08. The monoisotopic (exact) mass is 210 g/mol. The maximum atomic E-state index is 11.4. The predicted octanol–water partition coefficient (Wildman–Crippen LogP) is 1.16. The first-order valence-corrected chi connectivity index (χ1v) is 4.67. The highest BCUT2D eigenvalue weighted by Gasteiger charge is 2.34. The molecule has 0 spiro atoms. The van der Waals surface area contributed by atoms with Crippen LogP contribution in [0.2, 0.25) is 0 Å². The lowest BCUT2D eigenvalue weighted by Gasteiger charge is -2.21. The van der Waals surface area contributed by atoms with Crippen molar-refractivity contribution in [2.45, 2.75) is 19.4 Å². The molecule has 0 amide bonds. The Labute approximate surface area is 88.1 Å². The molecule has 1 rings (SSSR count). The zero-order valence-corrected chi connectivity index (χ0v) is 8.73. The molecule has 1 aromatic carbocycles. The van der Waals surface area contributed by atoms with E-state index in [1.807, 2.05) is 0 Å². The summed E-state index contributed by atoms with van der Waals surface area (Å²) in [6.45, 7) is 3.20. The van der Waals surface area contributed by atoms with Gasteiger partial charge in [-0.15, -0.1) is 0 Å². The van der Waals surface area contributed by atoms with Gasteiger partial charge >= 0.3 is 5.97 Å². The van der Waals surface area contributed by atoms with Crippen LogP contribution in [-0.4, -0.2) is 22.8 Å². The van der Waals surface area contributed by atoms with Gasteiger partial charge in [0, 0.05) is 0 Å². The number of esters is 1. The number of hydrogen-bond donors (Lipinski definition) is 2. The van der Waals surface area contributed by atoms with Crippen molar-refractivity contribution < 1.29 is 19.7 Å². The Hall–Kier alpha value is -1.55. The number of carbonyl (C=O) groups is 1. The molecule has 0 aliphatic heterocycles. The van der Waals surface area contributed by atoms with Crippen LogP contribution in [-0.2, 0) is 15.1 Å². The summed E-state index contributed by atoms with van der Waals surface area (Å²) in [4.78, 5) is 11.4. The van der Waals surface area contributed by atoms with Crippen LogP contribution in [0.5, 0.6) is 5.75 Å². The second kappa shape index (κ2) is 4.31. The number of aromatic hydroxyl groups is 1. The number of phenolic OH excluding ortho intramolecular Hbond substituents is 1. The van der Waals surface area contributed by atoms with Gasteiger partial charge in [0.2, 0.25) is 0 Å². The number of aliphatic hydroxyl groups is 1. The van der Waals surface area contributed by atoms with Crippen molar-refractivity contribution in [1.29, 1.82) is 0 Å². The van der Waals surface area contributed by atoms with E-state index >= 15 is 0 Å². The highest BCUT2D eigenvalue weighted by atomic mass is 16.5. The minimum Gasteiger partial charge on any atom is -0.508 e. The summed E-state index contributed by atoms with van der Waals surface area (Å²) >= 11 is 0. The van der Waals surface area contributed by atoms with Gasteiger partial charge in [-0.1, -0.05) is 12.1 Å². The first-order chi connectivity index (χ1) is 6.98. The van der Waals surface area contributed by atoms with Crippen molar-refractivity contribution in [3.63, 3.8) is 0 Å². The number of phenols is 1. The van der Waals surface area contributed by atoms with Crippen LogP contribution in [0.1, 0.15) is 19.4 Å². The quantitative estimate of drug-likeness (QED) is 0.735. The molecule has 0 bridgehead atoms. The van der Waals surface area contributed by atoms with E-state index in [0.29, 0.717) is 5.56 Å². The van der Waals surface area contributed by atoms with Crippen LogP contribution in [0.15, 0.2) is 24.3 Å². The number of carbonyl (C=O) groups excluding carboxylic acids is 1. The Morgan fingerprint density at radius 1 is 1.53 bits per heavy atom. The lowest BCUT2D eigenvalue weighted by atomic mass is 9.96. The molecule has 0 aromatic heterocycles. The van der Waals surface area contributed by atoms with Crippen LogP contribution in [0, 0.1) is 0 Å². The molecule has 1 unspecified atom stereocenters. The normalized spacial score (nSPS) is 14.3.